The van der Waals surface area contributed by atoms with Gasteiger partial charge in [-0.15, -0.1) is 11.3 Å². The SMILES string of the molecule is C/C(CC(=O)Nc1cc(Cl)ccc1C)=N\NC(=O)Cc1csc(N)n1. The Labute approximate surface area is 154 Å². The van der Waals surface area contributed by atoms with Gasteiger partial charge in [-0.3, -0.25) is 9.59 Å². The van der Waals surface area contributed by atoms with Gasteiger partial charge in [-0.2, -0.15) is 5.10 Å². The molecule has 2 amide bonds. The van der Waals surface area contributed by atoms with Crippen LogP contribution in [0.1, 0.15) is 24.6 Å². The number of nitrogens with two attached hydrogens (primary N) is 1. The first-order valence-corrected chi connectivity index (χ1v) is 8.67. The van der Waals surface area contributed by atoms with Crippen molar-refractivity contribution in [3.05, 3.63) is 39.9 Å². The maximum absolute atomic E-state index is 12.1. The molecule has 1 aromatic carbocycles. The highest BCUT2D eigenvalue weighted by molar-refractivity contribution is 7.13. The molecule has 0 atom stereocenters. The van der Waals surface area contributed by atoms with E-state index in [0.29, 0.717) is 27.2 Å². The quantitative estimate of drug-likeness (QED) is 0.529. The van der Waals surface area contributed by atoms with E-state index in [2.05, 4.69) is 20.8 Å². The van der Waals surface area contributed by atoms with Gasteiger partial charge >= 0.3 is 0 Å². The highest BCUT2D eigenvalue weighted by atomic mass is 35.5. The molecule has 0 saturated heterocycles. The van der Waals surface area contributed by atoms with Gasteiger partial charge in [0.15, 0.2) is 5.13 Å². The molecule has 0 aliphatic heterocycles. The molecule has 4 N–H and O–H groups in total. The van der Waals surface area contributed by atoms with Crippen LogP contribution in [0.5, 0.6) is 0 Å². The Balaban J connectivity index is 1.84. The molecular formula is C16H18ClN5O2S. The Morgan fingerprint density at radius 3 is 2.80 bits per heavy atom. The van der Waals surface area contributed by atoms with Crippen molar-refractivity contribution in [2.45, 2.75) is 26.7 Å². The largest absolute Gasteiger partial charge is 0.375 e. The molecule has 132 valence electrons. The Morgan fingerprint density at radius 1 is 1.36 bits per heavy atom. The number of hydrogen-bond donors (Lipinski definition) is 3. The minimum absolute atomic E-state index is 0.0515. The number of nitrogens with zero attached hydrogens (tertiary/aromatic N) is 2. The van der Waals surface area contributed by atoms with E-state index in [1.54, 1.807) is 24.4 Å². The zero-order valence-electron chi connectivity index (χ0n) is 13.8. The third kappa shape index (κ3) is 6.17. The lowest BCUT2D eigenvalue weighted by atomic mass is 10.2. The first kappa shape index (κ1) is 18.9. The molecular weight excluding hydrogens is 362 g/mol. The first-order valence-electron chi connectivity index (χ1n) is 7.41. The summed E-state index contributed by atoms with van der Waals surface area (Å²) in [5.41, 5.74) is 10.5. The second-order valence-corrected chi connectivity index (χ2v) is 6.75. The van der Waals surface area contributed by atoms with Crippen LogP contribution in [-0.2, 0) is 16.0 Å². The van der Waals surface area contributed by atoms with Crippen molar-refractivity contribution in [1.29, 1.82) is 0 Å². The number of aryl methyl sites for hydroxylation is 1. The number of aromatic nitrogens is 1. The van der Waals surface area contributed by atoms with Crippen LogP contribution in [0.2, 0.25) is 5.02 Å². The molecule has 0 fully saturated rings. The van der Waals surface area contributed by atoms with Gasteiger partial charge in [0.1, 0.15) is 0 Å². The van der Waals surface area contributed by atoms with Crippen LogP contribution < -0.4 is 16.5 Å². The molecule has 0 aliphatic carbocycles. The number of hydrogen-bond acceptors (Lipinski definition) is 6. The van der Waals surface area contributed by atoms with E-state index in [9.17, 15) is 9.59 Å². The molecule has 0 spiro atoms. The minimum Gasteiger partial charge on any atom is -0.375 e. The Kier molecular flexibility index (Phi) is 6.49. The fourth-order valence-corrected chi connectivity index (χ4v) is 2.70. The summed E-state index contributed by atoms with van der Waals surface area (Å²) >= 11 is 7.19. The zero-order chi connectivity index (χ0) is 18.4. The Bertz CT molecular complexity index is 819. The van der Waals surface area contributed by atoms with Crippen molar-refractivity contribution in [1.82, 2.24) is 10.4 Å². The highest BCUT2D eigenvalue weighted by Gasteiger charge is 2.09. The molecule has 7 nitrogen and oxygen atoms in total. The number of carbonyl (C=O) groups excluding carboxylic acids is 2. The van der Waals surface area contributed by atoms with Crippen molar-refractivity contribution in [3.63, 3.8) is 0 Å². The fourth-order valence-electron chi connectivity index (χ4n) is 1.96. The standard InChI is InChI=1S/C16H18ClN5O2S/c1-9-3-4-11(17)6-13(9)20-14(23)5-10(2)21-22-15(24)7-12-8-25-16(18)19-12/h3-4,6,8H,5,7H2,1-2H3,(H2,18,19)(H,20,23)(H,22,24)/b21-10+. The van der Waals surface area contributed by atoms with E-state index in [1.807, 2.05) is 13.0 Å². The van der Waals surface area contributed by atoms with Gasteiger partial charge in [0.25, 0.3) is 0 Å². The third-order valence-corrected chi connectivity index (χ3v) is 4.13. The maximum Gasteiger partial charge on any atom is 0.246 e. The van der Waals surface area contributed by atoms with Gasteiger partial charge in [0.2, 0.25) is 11.8 Å². The Morgan fingerprint density at radius 2 is 2.12 bits per heavy atom. The molecule has 0 saturated carbocycles. The molecule has 0 radical (unpaired) electrons. The highest BCUT2D eigenvalue weighted by Crippen LogP contribution is 2.20. The van der Waals surface area contributed by atoms with Gasteiger partial charge in [-0.05, 0) is 31.5 Å². The summed E-state index contributed by atoms with van der Waals surface area (Å²) in [5.74, 6) is -0.566. The number of halogens is 1. The van der Waals surface area contributed by atoms with Crippen molar-refractivity contribution < 1.29 is 9.59 Å². The van der Waals surface area contributed by atoms with Gasteiger partial charge in [-0.25, -0.2) is 10.4 Å². The number of rotatable bonds is 6. The number of carbonyl (C=O) groups is 2. The lowest BCUT2D eigenvalue weighted by Gasteiger charge is -2.08. The molecule has 0 aliphatic rings. The number of nitrogens with one attached hydrogen (secondary N) is 2. The number of hydrazone groups is 1. The average molecular weight is 380 g/mol. The van der Waals surface area contributed by atoms with Crippen LogP contribution in [0.4, 0.5) is 10.8 Å². The number of thiazole rings is 1. The molecule has 0 bridgehead atoms. The van der Waals surface area contributed by atoms with Crippen molar-refractivity contribution in [3.8, 4) is 0 Å². The number of nitrogen functional groups attached to an aromatic ring is 1. The maximum atomic E-state index is 12.1. The molecule has 1 aromatic heterocycles. The number of benzene rings is 1. The summed E-state index contributed by atoms with van der Waals surface area (Å²) in [7, 11) is 0. The van der Waals surface area contributed by atoms with E-state index in [4.69, 9.17) is 17.3 Å². The summed E-state index contributed by atoms with van der Waals surface area (Å²) < 4.78 is 0. The second kappa shape index (κ2) is 8.59. The van der Waals surface area contributed by atoms with Crippen LogP contribution in [-0.4, -0.2) is 22.5 Å². The third-order valence-electron chi connectivity index (χ3n) is 3.17. The van der Waals surface area contributed by atoms with Crippen LogP contribution in [0.25, 0.3) is 0 Å². The summed E-state index contributed by atoms with van der Waals surface area (Å²) in [6.45, 7) is 3.53. The number of amides is 2. The molecule has 2 aromatic rings. The predicted molar refractivity (Wildman–Crippen MR) is 101 cm³/mol. The average Bonchev–Trinajstić information content (AvgIpc) is 2.94. The smallest absolute Gasteiger partial charge is 0.246 e. The molecule has 2 rings (SSSR count). The Hall–Kier alpha value is -2.45. The van der Waals surface area contributed by atoms with Crippen molar-refractivity contribution in [2.24, 2.45) is 5.10 Å². The minimum atomic E-state index is -0.323. The van der Waals surface area contributed by atoms with E-state index in [1.165, 1.54) is 11.3 Å². The van der Waals surface area contributed by atoms with E-state index in [0.717, 1.165) is 5.56 Å². The van der Waals surface area contributed by atoms with Gasteiger partial charge in [0.05, 0.1) is 18.5 Å². The van der Waals surface area contributed by atoms with Crippen LogP contribution in [0, 0.1) is 6.92 Å². The van der Waals surface area contributed by atoms with Crippen LogP contribution in [0.3, 0.4) is 0 Å². The summed E-state index contributed by atoms with van der Waals surface area (Å²) in [5, 5.41) is 9.37. The van der Waals surface area contributed by atoms with E-state index in [-0.39, 0.29) is 24.7 Å². The zero-order valence-corrected chi connectivity index (χ0v) is 15.4. The summed E-state index contributed by atoms with van der Waals surface area (Å²) in [6, 6.07) is 5.26. The second-order valence-electron chi connectivity index (χ2n) is 5.42. The lowest BCUT2D eigenvalue weighted by Crippen LogP contribution is -2.23. The fraction of sp³-hybridized carbons (Fsp3) is 0.250. The topological polar surface area (TPSA) is 109 Å². The molecule has 25 heavy (non-hydrogen) atoms. The lowest BCUT2D eigenvalue weighted by molar-refractivity contribution is -0.120. The van der Waals surface area contributed by atoms with Crippen molar-refractivity contribution in [2.75, 3.05) is 11.1 Å². The van der Waals surface area contributed by atoms with Crippen LogP contribution in [0.15, 0.2) is 28.7 Å². The first-order chi connectivity index (χ1) is 11.8. The van der Waals surface area contributed by atoms with Gasteiger partial charge in [-0.1, -0.05) is 17.7 Å². The normalized spacial score (nSPS) is 11.2. The molecule has 1 heterocycles. The molecule has 0 unspecified atom stereocenters. The van der Waals surface area contributed by atoms with E-state index < -0.39 is 0 Å². The number of anilines is 2. The predicted octanol–water partition coefficient (Wildman–Crippen LogP) is 2.75. The van der Waals surface area contributed by atoms with Gasteiger partial charge < -0.3 is 11.1 Å². The summed E-state index contributed by atoms with van der Waals surface area (Å²) in [6.07, 6.45) is 0.133. The molecule has 9 heteroatoms. The van der Waals surface area contributed by atoms with Crippen LogP contribution >= 0.6 is 22.9 Å². The summed E-state index contributed by atoms with van der Waals surface area (Å²) in [4.78, 5) is 27.8. The monoisotopic (exact) mass is 379 g/mol. The van der Waals surface area contributed by atoms with Gasteiger partial charge in [0, 0.05) is 21.8 Å². The van der Waals surface area contributed by atoms with Crippen molar-refractivity contribution >= 4 is 51.3 Å². The van der Waals surface area contributed by atoms with E-state index >= 15 is 0 Å².